The van der Waals surface area contributed by atoms with Crippen molar-refractivity contribution in [3.05, 3.63) is 106 Å². The fourth-order valence-corrected chi connectivity index (χ4v) is 3.56. The minimum Gasteiger partial charge on any atom is -0.342 e. The Labute approximate surface area is 174 Å². The smallest absolute Gasteiger partial charge is 0.0998 e. The number of nitriles is 2. The number of halogens is 1. The summed E-state index contributed by atoms with van der Waals surface area (Å²) >= 11 is 5.97. The van der Waals surface area contributed by atoms with Gasteiger partial charge in [0.1, 0.15) is 0 Å². The van der Waals surface area contributed by atoms with Crippen molar-refractivity contribution < 1.29 is 0 Å². The third kappa shape index (κ3) is 3.78. The Bertz CT molecular complexity index is 1300. The summed E-state index contributed by atoms with van der Waals surface area (Å²) in [5, 5.41) is 20.8. The molecule has 0 bridgehead atoms. The Balaban J connectivity index is 1.81. The summed E-state index contributed by atoms with van der Waals surface area (Å²) in [4.78, 5) is 0. The van der Waals surface area contributed by atoms with Crippen molar-refractivity contribution in [1.29, 1.82) is 10.5 Å². The van der Waals surface area contributed by atoms with E-state index in [0.29, 0.717) is 22.7 Å². The lowest BCUT2D eigenvalue weighted by Crippen LogP contribution is -2.00. The molecule has 0 saturated heterocycles. The SMILES string of the molecule is N#C/C(=C\c1cn(Cc2ccccc2C#N)c2ccccc12)c1ccc(Cl)cc1. The summed E-state index contributed by atoms with van der Waals surface area (Å²) in [6.45, 7) is 0.584. The van der Waals surface area contributed by atoms with E-state index >= 15 is 0 Å². The zero-order chi connectivity index (χ0) is 20.2. The molecule has 0 aliphatic heterocycles. The van der Waals surface area contributed by atoms with Crippen molar-refractivity contribution >= 4 is 34.2 Å². The third-order valence-corrected chi connectivity index (χ3v) is 5.13. The predicted octanol–water partition coefficient (Wildman–Crippen LogP) is 6.28. The van der Waals surface area contributed by atoms with Crippen LogP contribution in [0, 0.1) is 22.7 Å². The lowest BCUT2D eigenvalue weighted by atomic mass is 10.0. The molecule has 1 aromatic heterocycles. The van der Waals surface area contributed by atoms with Crippen LogP contribution in [0.2, 0.25) is 5.02 Å². The molecule has 0 saturated carbocycles. The van der Waals surface area contributed by atoms with Crippen LogP contribution in [0.15, 0.2) is 79.0 Å². The summed E-state index contributed by atoms with van der Waals surface area (Å²) < 4.78 is 2.12. The molecule has 0 radical (unpaired) electrons. The van der Waals surface area contributed by atoms with Crippen molar-refractivity contribution in [3.8, 4) is 12.1 Å². The Morgan fingerprint density at radius 2 is 1.66 bits per heavy atom. The number of hydrogen-bond acceptors (Lipinski definition) is 2. The molecule has 4 heteroatoms. The van der Waals surface area contributed by atoms with E-state index in [1.54, 1.807) is 12.1 Å². The number of nitrogens with zero attached hydrogens (tertiary/aromatic N) is 3. The van der Waals surface area contributed by atoms with E-state index in [0.717, 1.165) is 27.6 Å². The molecule has 0 atom stereocenters. The van der Waals surface area contributed by atoms with Crippen molar-refractivity contribution in [3.63, 3.8) is 0 Å². The van der Waals surface area contributed by atoms with Crippen molar-refractivity contribution in [2.24, 2.45) is 0 Å². The van der Waals surface area contributed by atoms with Gasteiger partial charge in [0, 0.05) is 34.2 Å². The minimum absolute atomic E-state index is 0.571. The first kappa shape index (κ1) is 18.6. The molecular formula is C25H16ClN3. The molecule has 4 rings (SSSR count). The molecule has 0 unspecified atom stereocenters. The number of aromatic nitrogens is 1. The van der Waals surface area contributed by atoms with Gasteiger partial charge in [0.25, 0.3) is 0 Å². The number of allylic oxidation sites excluding steroid dienone is 1. The highest BCUT2D eigenvalue weighted by molar-refractivity contribution is 6.30. The standard InChI is InChI=1S/C25H16ClN3/c26-23-11-9-18(10-12-23)21(15-28)13-22-17-29(25-8-4-3-7-24(22)25)16-20-6-2-1-5-19(20)14-27/h1-13,17H,16H2/b21-13+. The first-order valence-electron chi connectivity index (χ1n) is 9.13. The zero-order valence-corrected chi connectivity index (χ0v) is 16.3. The van der Waals surface area contributed by atoms with Crippen LogP contribution in [0.3, 0.4) is 0 Å². The molecule has 1 heterocycles. The molecule has 29 heavy (non-hydrogen) atoms. The Kier molecular flexibility index (Phi) is 5.16. The van der Waals surface area contributed by atoms with Crippen LogP contribution < -0.4 is 0 Å². The van der Waals surface area contributed by atoms with Gasteiger partial charge in [-0.15, -0.1) is 0 Å². The fourth-order valence-electron chi connectivity index (χ4n) is 3.44. The van der Waals surface area contributed by atoms with Gasteiger partial charge in [0.05, 0.1) is 23.3 Å². The van der Waals surface area contributed by atoms with Gasteiger partial charge >= 0.3 is 0 Å². The minimum atomic E-state index is 0.571. The van der Waals surface area contributed by atoms with Gasteiger partial charge in [0.15, 0.2) is 0 Å². The Hall–Kier alpha value is -3.79. The lowest BCUT2D eigenvalue weighted by molar-refractivity contribution is 0.833. The molecule has 4 aromatic rings. The predicted molar refractivity (Wildman–Crippen MR) is 117 cm³/mol. The number of rotatable bonds is 4. The van der Waals surface area contributed by atoms with E-state index in [2.05, 4.69) is 22.8 Å². The maximum Gasteiger partial charge on any atom is 0.0998 e. The quantitative estimate of drug-likeness (QED) is 0.383. The summed E-state index contributed by atoms with van der Waals surface area (Å²) in [5.74, 6) is 0. The molecule has 3 aromatic carbocycles. The highest BCUT2D eigenvalue weighted by Gasteiger charge is 2.10. The number of para-hydroxylation sites is 1. The molecule has 138 valence electrons. The summed E-state index contributed by atoms with van der Waals surface area (Å²) in [7, 11) is 0. The van der Waals surface area contributed by atoms with Gasteiger partial charge in [-0.1, -0.05) is 60.1 Å². The fraction of sp³-hybridized carbons (Fsp3) is 0.0400. The largest absolute Gasteiger partial charge is 0.342 e. The first-order valence-corrected chi connectivity index (χ1v) is 9.51. The second-order valence-corrected chi connectivity index (χ2v) is 7.11. The lowest BCUT2D eigenvalue weighted by Gasteiger charge is -2.07. The van der Waals surface area contributed by atoms with Gasteiger partial charge in [-0.2, -0.15) is 10.5 Å². The van der Waals surface area contributed by atoms with Gasteiger partial charge in [-0.25, -0.2) is 0 Å². The molecule has 0 spiro atoms. The number of hydrogen-bond donors (Lipinski definition) is 0. The van der Waals surface area contributed by atoms with Crippen LogP contribution in [0.1, 0.15) is 22.3 Å². The van der Waals surface area contributed by atoms with Crippen LogP contribution in [-0.2, 0) is 6.54 Å². The van der Waals surface area contributed by atoms with Crippen molar-refractivity contribution in [2.45, 2.75) is 6.54 Å². The topological polar surface area (TPSA) is 52.5 Å². The summed E-state index contributed by atoms with van der Waals surface area (Å²) in [5.41, 5.74) is 5.04. The van der Waals surface area contributed by atoms with Gasteiger partial charge in [-0.3, -0.25) is 0 Å². The molecular weight excluding hydrogens is 378 g/mol. The second-order valence-electron chi connectivity index (χ2n) is 6.68. The van der Waals surface area contributed by atoms with Crippen molar-refractivity contribution in [1.82, 2.24) is 4.57 Å². The first-order chi connectivity index (χ1) is 14.2. The molecule has 0 fully saturated rings. The Morgan fingerprint density at radius 1 is 0.931 bits per heavy atom. The van der Waals surface area contributed by atoms with E-state index in [9.17, 15) is 10.5 Å². The van der Waals surface area contributed by atoms with E-state index in [4.69, 9.17) is 11.6 Å². The number of benzene rings is 3. The van der Waals surface area contributed by atoms with Gasteiger partial charge in [0.2, 0.25) is 0 Å². The van der Waals surface area contributed by atoms with Gasteiger partial charge < -0.3 is 4.57 Å². The summed E-state index contributed by atoms with van der Waals surface area (Å²) in [6.07, 6.45) is 3.93. The third-order valence-electron chi connectivity index (χ3n) is 4.87. The molecule has 0 N–H and O–H groups in total. The van der Waals surface area contributed by atoms with Gasteiger partial charge in [-0.05, 0) is 41.5 Å². The van der Waals surface area contributed by atoms with E-state index < -0.39 is 0 Å². The van der Waals surface area contributed by atoms with E-state index in [1.165, 1.54) is 0 Å². The van der Waals surface area contributed by atoms with Crippen LogP contribution in [0.4, 0.5) is 0 Å². The van der Waals surface area contributed by atoms with E-state index in [1.807, 2.05) is 66.9 Å². The molecule has 0 aliphatic carbocycles. The number of fused-ring (bicyclic) bond motifs is 1. The highest BCUT2D eigenvalue weighted by atomic mass is 35.5. The van der Waals surface area contributed by atoms with E-state index in [-0.39, 0.29) is 0 Å². The van der Waals surface area contributed by atoms with Crippen LogP contribution in [0.5, 0.6) is 0 Å². The van der Waals surface area contributed by atoms with Crippen LogP contribution in [-0.4, -0.2) is 4.57 Å². The molecule has 3 nitrogen and oxygen atoms in total. The second kappa shape index (κ2) is 8.07. The Morgan fingerprint density at radius 3 is 2.41 bits per heavy atom. The highest BCUT2D eigenvalue weighted by Crippen LogP contribution is 2.27. The summed E-state index contributed by atoms with van der Waals surface area (Å²) in [6, 6.07) is 27.5. The maximum atomic E-state index is 9.70. The van der Waals surface area contributed by atoms with Crippen LogP contribution >= 0.6 is 11.6 Å². The molecule has 0 aliphatic rings. The maximum absolute atomic E-state index is 9.70. The molecule has 0 amide bonds. The van der Waals surface area contributed by atoms with Crippen molar-refractivity contribution in [2.75, 3.05) is 0 Å². The average molecular weight is 394 g/mol. The average Bonchev–Trinajstić information content (AvgIpc) is 3.10. The monoisotopic (exact) mass is 393 g/mol. The normalized spacial score (nSPS) is 11.2. The zero-order valence-electron chi connectivity index (χ0n) is 15.5. The van der Waals surface area contributed by atoms with Crippen LogP contribution in [0.25, 0.3) is 22.6 Å².